The summed E-state index contributed by atoms with van der Waals surface area (Å²) in [6.45, 7) is 0.778. The third-order valence-electron chi connectivity index (χ3n) is 2.69. The zero-order valence-electron chi connectivity index (χ0n) is 9.41. The molecule has 92 valence electrons. The van der Waals surface area contributed by atoms with E-state index in [4.69, 9.17) is 17.3 Å². The Labute approximate surface area is 110 Å². The number of halogens is 1. The van der Waals surface area contributed by atoms with E-state index in [-0.39, 0.29) is 11.2 Å². The summed E-state index contributed by atoms with van der Waals surface area (Å²) in [5.41, 5.74) is 6.44. The molecule has 1 aliphatic heterocycles. The molecule has 3 N–H and O–H groups in total. The topological polar surface area (TPSA) is 55.1 Å². The molecule has 1 aromatic rings. The number of benzene rings is 1. The summed E-state index contributed by atoms with van der Waals surface area (Å²) in [7, 11) is 0. The van der Waals surface area contributed by atoms with Gasteiger partial charge in [-0.3, -0.25) is 4.79 Å². The summed E-state index contributed by atoms with van der Waals surface area (Å²) < 4.78 is 0. The second-order valence-corrected chi connectivity index (χ2v) is 5.88. The number of hydrogen-bond acceptors (Lipinski definition) is 3. The van der Waals surface area contributed by atoms with Crippen LogP contribution in [0.25, 0.3) is 0 Å². The van der Waals surface area contributed by atoms with Gasteiger partial charge in [-0.05, 0) is 31.0 Å². The van der Waals surface area contributed by atoms with Crippen molar-refractivity contribution >= 4 is 35.0 Å². The molecule has 0 bridgehead atoms. The van der Waals surface area contributed by atoms with Crippen molar-refractivity contribution in [1.82, 2.24) is 5.32 Å². The fourth-order valence-electron chi connectivity index (χ4n) is 1.83. The van der Waals surface area contributed by atoms with Gasteiger partial charge < -0.3 is 11.1 Å². The molecule has 17 heavy (non-hydrogen) atoms. The molecular weight excluding hydrogens is 256 g/mol. The van der Waals surface area contributed by atoms with Gasteiger partial charge in [-0.2, -0.15) is 0 Å². The molecule has 1 unspecified atom stereocenters. The standard InChI is InChI=1S/C12H15ClN2OS/c13-10-4-3-8(14)6-11(10)17-9-2-1-5-15-12(16)7-9/h3-4,6,9H,1-2,5,7,14H2,(H,15,16). The van der Waals surface area contributed by atoms with E-state index in [9.17, 15) is 4.79 Å². The Morgan fingerprint density at radius 2 is 2.29 bits per heavy atom. The summed E-state index contributed by atoms with van der Waals surface area (Å²) in [4.78, 5) is 12.4. The molecule has 1 saturated heterocycles. The molecule has 1 amide bonds. The van der Waals surface area contributed by atoms with Crippen molar-refractivity contribution in [2.75, 3.05) is 12.3 Å². The number of carbonyl (C=O) groups is 1. The molecule has 0 saturated carbocycles. The van der Waals surface area contributed by atoms with Crippen LogP contribution in [0.2, 0.25) is 5.02 Å². The van der Waals surface area contributed by atoms with Crippen LogP contribution in [-0.4, -0.2) is 17.7 Å². The zero-order valence-corrected chi connectivity index (χ0v) is 11.0. The maximum Gasteiger partial charge on any atom is 0.221 e. The Bertz CT molecular complexity index is 425. The zero-order chi connectivity index (χ0) is 12.3. The van der Waals surface area contributed by atoms with Crippen LogP contribution in [0.5, 0.6) is 0 Å². The molecule has 0 aromatic heterocycles. The first kappa shape index (κ1) is 12.6. The van der Waals surface area contributed by atoms with Crippen LogP contribution in [0.4, 0.5) is 5.69 Å². The number of nitrogen functional groups attached to an aromatic ring is 1. The SMILES string of the molecule is Nc1ccc(Cl)c(SC2CCCNC(=O)C2)c1. The lowest BCUT2D eigenvalue weighted by atomic mass is 10.2. The predicted octanol–water partition coefficient (Wildman–Crippen LogP) is 2.68. The predicted molar refractivity (Wildman–Crippen MR) is 72.4 cm³/mol. The second-order valence-electron chi connectivity index (χ2n) is 4.13. The van der Waals surface area contributed by atoms with Crippen LogP contribution in [0.1, 0.15) is 19.3 Å². The number of anilines is 1. The Morgan fingerprint density at radius 3 is 3.12 bits per heavy atom. The monoisotopic (exact) mass is 270 g/mol. The summed E-state index contributed by atoms with van der Waals surface area (Å²) in [5.74, 6) is 0.125. The molecular formula is C12H15ClN2OS. The van der Waals surface area contributed by atoms with Gasteiger partial charge in [-0.25, -0.2) is 0 Å². The van der Waals surface area contributed by atoms with Crippen LogP contribution in [0.3, 0.4) is 0 Å². The first-order valence-corrected chi connectivity index (χ1v) is 6.89. The molecule has 3 nitrogen and oxygen atoms in total. The molecule has 5 heteroatoms. The van der Waals surface area contributed by atoms with Crippen LogP contribution >= 0.6 is 23.4 Å². The third-order valence-corrected chi connectivity index (χ3v) is 4.46. The van der Waals surface area contributed by atoms with Gasteiger partial charge in [-0.15, -0.1) is 11.8 Å². The van der Waals surface area contributed by atoms with Gasteiger partial charge in [0, 0.05) is 28.8 Å². The number of hydrogen-bond donors (Lipinski definition) is 2. The molecule has 0 aliphatic carbocycles. The highest BCUT2D eigenvalue weighted by Gasteiger charge is 2.19. The van der Waals surface area contributed by atoms with E-state index in [0.29, 0.717) is 17.1 Å². The molecule has 1 aliphatic rings. The summed E-state index contributed by atoms with van der Waals surface area (Å²) in [5, 5.41) is 3.87. The maximum absolute atomic E-state index is 11.5. The molecule has 1 aromatic carbocycles. The van der Waals surface area contributed by atoms with E-state index in [1.165, 1.54) is 0 Å². The third kappa shape index (κ3) is 3.54. The summed E-state index contributed by atoms with van der Waals surface area (Å²) >= 11 is 7.77. The molecule has 1 heterocycles. The van der Waals surface area contributed by atoms with E-state index in [1.807, 2.05) is 6.07 Å². The van der Waals surface area contributed by atoms with E-state index < -0.39 is 0 Å². The number of amides is 1. The van der Waals surface area contributed by atoms with Gasteiger partial charge in [0.15, 0.2) is 0 Å². The van der Waals surface area contributed by atoms with E-state index in [0.717, 1.165) is 24.3 Å². The molecule has 2 rings (SSSR count). The van der Waals surface area contributed by atoms with Crippen LogP contribution in [0.15, 0.2) is 23.1 Å². The lowest BCUT2D eigenvalue weighted by Crippen LogP contribution is -2.22. The number of nitrogens with two attached hydrogens (primary N) is 1. The highest BCUT2D eigenvalue weighted by Crippen LogP contribution is 2.35. The van der Waals surface area contributed by atoms with Crippen molar-refractivity contribution in [2.45, 2.75) is 29.4 Å². The quantitative estimate of drug-likeness (QED) is 0.813. The van der Waals surface area contributed by atoms with Gasteiger partial charge in [0.1, 0.15) is 0 Å². The summed E-state index contributed by atoms with van der Waals surface area (Å²) in [6, 6.07) is 5.46. The lowest BCUT2D eigenvalue weighted by Gasteiger charge is -2.13. The van der Waals surface area contributed by atoms with Crippen LogP contribution < -0.4 is 11.1 Å². The number of nitrogens with one attached hydrogen (secondary N) is 1. The maximum atomic E-state index is 11.5. The molecule has 1 atom stereocenters. The van der Waals surface area contributed by atoms with Gasteiger partial charge in [0.2, 0.25) is 5.91 Å². The van der Waals surface area contributed by atoms with E-state index in [2.05, 4.69) is 5.32 Å². The van der Waals surface area contributed by atoms with Crippen molar-refractivity contribution in [2.24, 2.45) is 0 Å². The van der Waals surface area contributed by atoms with Crippen LogP contribution in [-0.2, 0) is 4.79 Å². The number of thioether (sulfide) groups is 1. The van der Waals surface area contributed by atoms with Crippen molar-refractivity contribution in [3.63, 3.8) is 0 Å². The Balaban J connectivity index is 2.08. The molecule has 1 fully saturated rings. The molecule has 0 spiro atoms. The van der Waals surface area contributed by atoms with Crippen LogP contribution in [0, 0.1) is 0 Å². The Hall–Kier alpha value is -0.870. The lowest BCUT2D eigenvalue weighted by molar-refractivity contribution is -0.120. The normalized spacial score (nSPS) is 20.8. The van der Waals surface area contributed by atoms with Gasteiger partial charge >= 0.3 is 0 Å². The number of carbonyl (C=O) groups excluding carboxylic acids is 1. The fraction of sp³-hybridized carbons (Fsp3) is 0.417. The van der Waals surface area contributed by atoms with Gasteiger partial charge in [0.25, 0.3) is 0 Å². The largest absolute Gasteiger partial charge is 0.399 e. The first-order valence-electron chi connectivity index (χ1n) is 5.63. The average molecular weight is 271 g/mol. The van der Waals surface area contributed by atoms with Crippen molar-refractivity contribution in [3.8, 4) is 0 Å². The van der Waals surface area contributed by atoms with Gasteiger partial charge in [0.05, 0.1) is 5.02 Å². The van der Waals surface area contributed by atoms with Crippen molar-refractivity contribution < 1.29 is 4.79 Å². The second kappa shape index (κ2) is 5.65. The minimum absolute atomic E-state index is 0.125. The highest BCUT2D eigenvalue weighted by molar-refractivity contribution is 8.00. The fourth-order valence-corrected chi connectivity index (χ4v) is 3.34. The minimum atomic E-state index is 0.125. The number of rotatable bonds is 2. The Morgan fingerprint density at radius 1 is 1.47 bits per heavy atom. The molecule has 0 radical (unpaired) electrons. The smallest absolute Gasteiger partial charge is 0.221 e. The van der Waals surface area contributed by atoms with Crippen molar-refractivity contribution in [3.05, 3.63) is 23.2 Å². The highest BCUT2D eigenvalue weighted by atomic mass is 35.5. The van der Waals surface area contributed by atoms with E-state index >= 15 is 0 Å². The Kier molecular flexibility index (Phi) is 4.18. The average Bonchev–Trinajstić information content (AvgIpc) is 2.48. The van der Waals surface area contributed by atoms with Crippen molar-refractivity contribution in [1.29, 1.82) is 0 Å². The summed E-state index contributed by atoms with van der Waals surface area (Å²) in [6.07, 6.45) is 2.59. The minimum Gasteiger partial charge on any atom is -0.399 e. The van der Waals surface area contributed by atoms with E-state index in [1.54, 1.807) is 23.9 Å². The first-order chi connectivity index (χ1) is 8.15. The van der Waals surface area contributed by atoms with Gasteiger partial charge in [-0.1, -0.05) is 11.6 Å².